The molecule has 2 rings (SSSR count). The van der Waals surface area contributed by atoms with Crippen LogP contribution in [0.15, 0.2) is 42.5 Å². The van der Waals surface area contributed by atoms with Crippen molar-refractivity contribution in [2.45, 2.75) is 6.92 Å². The van der Waals surface area contributed by atoms with Crippen LogP contribution < -0.4 is 14.2 Å². The van der Waals surface area contributed by atoms with Crippen LogP contribution in [0.25, 0.3) is 5.57 Å². The van der Waals surface area contributed by atoms with E-state index in [0.717, 1.165) is 28.0 Å². The third-order valence-electron chi connectivity index (χ3n) is 3.59. The first-order valence-corrected chi connectivity index (χ1v) is 7.11. The zero-order valence-electron chi connectivity index (χ0n) is 13.7. The smallest absolute Gasteiger partial charge is 0.123 e. The average Bonchev–Trinajstić information content (AvgIpc) is 2.59. The van der Waals surface area contributed by atoms with Crippen molar-refractivity contribution in [3.05, 3.63) is 59.2 Å². The van der Waals surface area contributed by atoms with E-state index in [1.807, 2.05) is 37.3 Å². The minimum absolute atomic E-state index is 0.669. The molecule has 0 aromatic heterocycles. The molecule has 2 aromatic carbocycles. The lowest BCUT2D eigenvalue weighted by Gasteiger charge is -2.13. The Kier molecular flexibility index (Phi) is 5.27. The van der Waals surface area contributed by atoms with Gasteiger partial charge in [-0.2, -0.15) is 5.26 Å². The van der Waals surface area contributed by atoms with Crippen LogP contribution in [0.4, 0.5) is 0 Å². The molecule has 0 bridgehead atoms. The molecule has 0 aliphatic carbocycles. The summed E-state index contributed by atoms with van der Waals surface area (Å²) in [5.41, 5.74) is 3.55. The summed E-state index contributed by atoms with van der Waals surface area (Å²) in [7, 11) is 4.83. The second-order valence-corrected chi connectivity index (χ2v) is 4.97. The molecule has 4 nitrogen and oxygen atoms in total. The molecule has 0 saturated heterocycles. The lowest BCUT2D eigenvalue weighted by molar-refractivity contribution is 0.394. The summed E-state index contributed by atoms with van der Waals surface area (Å²) in [5.74, 6) is 2.12. The van der Waals surface area contributed by atoms with Crippen LogP contribution in [-0.2, 0) is 0 Å². The van der Waals surface area contributed by atoms with E-state index >= 15 is 0 Å². The average molecular weight is 309 g/mol. The predicted molar refractivity (Wildman–Crippen MR) is 90.0 cm³/mol. The van der Waals surface area contributed by atoms with Crippen molar-refractivity contribution in [2.75, 3.05) is 21.3 Å². The van der Waals surface area contributed by atoms with Gasteiger partial charge in [0.25, 0.3) is 0 Å². The van der Waals surface area contributed by atoms with Crippen molar-refractivity contribution < 1.29 is 14.2 Å². The predicted octanol–water partition coefficient (Wildman–Crippen LogP) is 3.98. The van der Waals surface area contributed by atoms with Crippen LogP contribution in [0.5, 0.6) is 17.2 Å². The maximum absolute atomic E-state index is 9.17. The van der Waals surface area contributed by atoms with Crippen LogP contribution in [0.2, 0.25) is 0 Å². The van der Waals surface area contributed by atoms with Gasteiger partial charge in [0.2, 0.25) is 0 Å². The van der Waals surface area contributed by atoms with E-state index in [1.165, 1.54) is 6.08 Å². The summed E-state index contributed by atoms with van der Waals surface area (Å²) in [5, 5.41) is 9.17. The summed E-state index contributed by atoms with van der Waals surface area (Å²) in [6, 6.07) is 13.5. The Bertz CT molecular complexity index is 750. The molecule has 0 spiro atoms. The van der Waals surface area contributed by atoms with Crippen LogP contribution in [-0.4, -0.2) is 21.3 Å². The molecule has 0 unspecified atom stereocenters. The summed E-state index contributed by atoms with van der Waals surface area (Å²) < 4.78 is 16.0. The summed E-state index contributed by atoms with van der Waals surface area (Å²) in [4.78, 5) is 0. The van der Waals surface area contributed by atoms with Crippen molar-refractivity contribution >= 4 is 5.57 Å². The van der Waals surface area contributed by atoms with Crippen LogP contribution >= 0.6 is 0 Å². The highest BCUT2D eigenvalue weighted by molar-refractivity contribution is 5.83. The van der Waals surface area contributed by atoms with E-state index in [-0.39, 0.29) is 0 Å². The normalized spacial score (nSPS) is 10.8. The van der Waals surface area contributed by atoms with Gasteiger partial charge in [-0.3, -0.25) is 0 Å². The number of rotatable bonds is 5. The van der Waals surface area contributed by atoms with Crippen molar-refractivity contribution in [2.24, 2.45) is 0 Å². The molecule has 0 atom stereocenters. The number of hydrogen-bond donors (Lipinski definition) is 0. The van der Waals surface area contributed by atoms with Gasteiger partial charge in [0.05, 0.1) is 27.4 Å². The molecule has 0 aliphatic heterocycles. The van der Waals surface area contributed by atoms with Crippen LogP contribution in [0.3, 0.4) is 0 Å². The fourth-order valence-electron chi connectivity index (χ4n) is 2.35. The van der Waals surface area contributed by atoms with Gasteiger partial charge in [0.15, 0.2) is 0 Å². The van der Waals surface area contributed by atoms with E-state index in [4.69, 9.17) is 14.2 Å². The number of allylic oxidation sites excluding steroid dienone is 1. The SMILES string of the molecule is COc1cc(OC)cc(/C(=C/C#N)c2ccc(C)c(OC)c2)c1. The second kappa shape index (κ2) is 7.37. The standard InChI is InChI=1S/C19H19NO3/c1-13-5-6-14(11-19(13)23-4)18(7-8-20)15-9-16(21-2)12-17(10-15)22-3/h5-7,9-12H,1-4H3/b18-7+. The topological polar surface area (TPSA) is 51.5 Å². The van der Waals surface area contributed by atoms with Crippen LogP contribution in [0, 0.1) is 18.3 Å². The summed E-state index contributed by atoms with van der Waals surface area (Å²) in [6.07, 6.45) is 1.51. The quantitative estimate of drug-likeness (QED) is 0.784. The number of hydrogen-bond acceptors (Lipinski definition) is 4. The molecule has 118 valence electrons. The first kappa shape index (κ1) is 16.4. The van der Waals surface area contributed by atoms with Gasteiger partial charge in [0, 0.05) is 12.1 Å². The molecule has 0 fully saturated rings. The zero-order chi connectivity index (χ0) is 16.8. The molecule has 0 aliphatic rings. The fraction of sp³-hybridized carbons (Fsp3) is 0.211. The minimum Gasteiger partial charge on any atom is -0.497 e. The van der Waals surface area contributed by atoms with Gasteiger partial charge in [-0.1, -0.05) is 12.1 Å². The first-order chi connectivity index (χ1) is 11.1. The minimum atomic E-state index is 0.669. The van der Waals surface area contributed by atoms with Crippen molar-refractivity contribution in [1.82, 2.24) is 0 Å². The second-order valence-electron chi connectivity index (χ2n) is 4.97. The van der Waals surface area contributed by atoms with Gasteiger partial charge in [0.1, 0.15) is 17.2 Å². The van der Waals surface area contributed by atoms with Gasteiger partial charge in [-0.15, -0.1) is 0 Å². The molecule has 0 saturated carbocycles. The molecular weight excluding hydrogens is 290 g/mol. The highest BCUT2D eigenvalue weighted by Crippen LogP contribution is 2.32. The molecule has 0 amide bonds. The number of aryl methyl sites for hydroxylation is 1. The molecule has 4 heteroatoms. The van der Waals surface area contributed by atoms with Gasteiger partial charge >= 0.3 is 0 Å². The number of nitrogens with zero attached hydrogens (tertiary/aromatic N) is 1. The number of ether oxygens (including phenoxy) is 3. The largest absolute Gasteiger partial charge is 0.497 e. The van der Waals surface area contributed by atoms with Crippen molar-refractivity contribution in [1.29, 1.82) is 5.26 Å². The Morgan fingerprint density at radius 1 is 0.913 bits per heavy atom. The van der Waals surface area contributed by atoms with E-state index < -0.39 is 0 Å². The Balaban J connectivity index is 2.60. The Morgan fingerprint density at radius 3 is 2.09 bits per heavy atom. The highest BCUT2D eigenvalue weighted by atomic mass is 16.5. The Morgan fingerprint density at radius 2 is 1.57 bits per heavy atom. The summed E-state index contributed by atoms with van der Waals surface area (Å²) >= 11 is 0. The highest BCUT2D eigenvalue weighted by Gasteiger charge is 2.11. The Labute approximate surface area is 136 Å². The maximum atomic E-state index is 9.17. The lowest BCUT2D eigenvalue weighted by Crippen LogP contribution is -1.95. The number of methoxy groups -OCH3 is 3. The van der Waals surface area contributed by atoms with Crippen molar-refractivity contribution in [3.63, 3.8) is 0 Å². The number of nitriles is 1. The van der Waals surface area contributed by atoms with E-state index in [1.54, 1.807) is 27.4 Å². The van der Waals surface area contributed by atoms with E-state index in [9.17, 15) is 5.26 Å². The van der Waals surface area contributed by atoms with Gasteiger partial charge in [-0.05, 0) is 47.4 Å². The van der Waals surface area contributed by atoms with Crippen LogP contribution in [0.1, 0.15) is 16.7 Å². The third kappa shape index (κ3) is 3.64. The lowest BCUT2D eigenvalue weighted by atomic mass is 9.96. The Hall–Kier alpha value is -2.93. The van der Waals surface area contributed by atoms with Crippen molar-refractivity contribution in [3.8, 4) is 23.3 Å². The fourth-order valence-corrected chi connectivity index (χ4v) is 2.35. The molecule has 0 radical (unpaired) electrons. The molecule has 2 aromatic rings. The number of benzene rings is 2. The zero-order valence-corrected chi connectivity index (χ0v) is 13.7. The maximum Gasteiger partial charge on any atom is 0.123 e. The molecule has 0 heterocycles. The molecular formula is C19H19NO3. The first-order valence-electron chi connectivity index (χ1n) is 7.11. The van der Waals surface area contributed by atoms with Gasteiger partial charge < -0.3 is 14.2 Å². The van der Waals surface area contributed by atoms with E-state index in [0.29, 0.717) is 11.5 Å². The summed E-state index contributed by atoms with van der Waals surface area (Å²) in [6.45, 7) is 1.98. The molecule has 0 N–H and O–H groups in total. The monoisotopic (exact) mass is 309 g/mol. The third-order valence-corrected chi connectivity index (χ3v) is 3.59. The van der Waals surface area contributed by atoms with E-state index in [2.05, 4.69) is 6.07 Å². The van der Waals surface area contributed by atoms with Gasteiger partial charge in [-0.25, -0.2) is 0 Å². The molecule has 23 heavy (non-hydrogen) atoms.